The lowest BCUT2D eigenvalue weighted by Crippen LogP contribution is -2.03. The maximum absolute atomic E-state index is 12.4. The smallest absolute Gasteiger partial charge is 0.256 e. The van der Waals surface area contributed by atoms with Crippen LogP contribution in [0.1, 0.15) is 16.7 Å². The zero-order valence-corrected chi connectivity index (χ0v) is 18.9. The van der Waals surface area contributed by atoms with E-state index < -0.39 is 0 Å². The average Bonchev–Trinajstić information content (AvgIpc) is 3.04. The monoisotopic (exact) mass is 503 g/mol. The van der Waals surface area contributed by atoms with Crippen molar-refractivity contribution >= 4 is 62.4 Å². The van der Waals surface area contributed by atoms with Gasteiger partial charge in [-0.3, -0.25) is 4.79 Å². The average molecular weight is 505 g/mol. The van der Waals surface area contributed by atoms with Gasteiger partial charge in [-0.15, -0.1) is 0 Å². The summed E-state index contributed by atoms with van der Waals surface area (Å²) in [6, 6.07) is 16.5. The number of hydrogen-bond acceptors (Lipinski definition) is 3. The van der Waals surface area contributed by atoms with Crippen LogP contribution >= 0.6 is 39.1 Å². The summed E-state index contributed by atoms with van der Waals surface area (Å²) in [6.07, 6.45) is 1.83. The van der Waals surface area contributed by atoms with Crippen molar-refractivity contribution in [2.24, 2.45) is 0 Å². The second-order valence-electron chi connectivity index (χ2n) is 6.61. The van der Waals surface area contributed by atoms with Crippen LogP contribution in [0.25, 0.3) is 11.6 Å². The molecule has 3 aromatic carbocycles. The first kappa shape index (κ1) is 20.8. The number of nitrogens with one attached hydrogen (secondary N) is 1. The molecular weight excluding hydrogens is 489 g/mol. The maximum atomic E-state index is 12.4. The highest BCUT2D eigenvalue weighted by Gasteiger charge is 2.24. The van der Waals surface area contributed by atoms with Gasteiger partial charge >= 0.3 is 0 Å². The Morgan fingerprint density at radius 2 is 1.87 bits per heavy atom. The number of halogens is 3. The molecule has 0 aliphatic carbocycles. The van der Waals surface area contributed by atoms with Crippen molar-refractivity contribution in [3.8, 4) is 11.5 Å². The van der Waals surface area contributed by atoms with Gasteiger partial charge in [-0.25, -0.2) is 0 Å². The van der Waals surface area contributed by atoms with Crippen LogP contribution in [0.4, 0.5) is 5.69 Å². The van der Waals surface area contributed by atoms with Crippen LogP contribution in [0.3, 0.4) is 0 Å². The molecule has 7 heteroatoms. The number of fused-ring (bicyclic) bond motifs is 1. The third kappa shape index (κ3) is 4.19. The second kappa shape index (κ2) is 8.72. The number of anilines is 1. The normalized spacial score (nSPS) is 13.9. The van der Waals surface area contributed by atoms with Gasteiger partial charge in [-0.1, -0.05) is 63.4 Å². The number of hydrogen-bond donors (Lipinski definition) is 1. The SMILES string of the molecule is COc1cc(/C=C2\C(=O)Nc3ccccc32)c(Br)cc1OCc1ccc(Cl)cc1Cl. The Hall–Kier alpha value is -2.47. The Morgan fingerprint density at radius 1 is 1.07 bits per heavy atom. The molecule has 152 valence electrons. The molecule has 0 fully saturated rings. The molecule has 0 spiro atoms. The fraction of sp³-hybridized carbons (Fsp3) is 0.0870. The molecule has 4 nitrogen and oxygen atoms in total. The number of amides is 1. The minimum Gasteiger partial charge on any atom is -0.493 e. The number of para-hydroxylation sites is 1. The van der Waals surface area contributed by atoms with E-state index in [0.29, 0.717) is 27.1 Å². The van der Waals surface area contributed by atoms with Crippen molar-refractivity contribution in [1.29, 1.82) is 0 Å². The molecule has 30 heavy (non-hydrogen) atoms. The maximum Gasteiger partial charge on any atom is 0.256 e. The first-order valence-corrected chi connectivity index (χ1v) is 10.6. The lowest BCUT2D eigenvalue weighted by Gasteiger charge is -2.14. The van der Waals surface area contributed by atoms with E-state index >= 15 is 0 Å². The molecule has 1 aliphatic heterocycles. The number of carbonyl (C=O) groups is 1. The van der Waals surface area contributed by atoms with E-state index in [1.165, 1.54) is 0 Å². The lowest BCUT2D eigenvalue weighted by atomic mass is 10.0. The quantitative estimate of drug-likeness (QED) is 0.387. The van der Waals surface area contributed by atoms with Gasteiger partial charge in [-0.2, -0.15) is 0 Å². The van der Waals surface area contributed by atoms with Gasteiger partial charge in [0.05, 0.1) is 7.11 Å². The lowest BCUT2D eigenvalue weighted by molar-refractivity contribution is -0.110. The number of carbonyl (C=O) groups excluding carboxylic acids is 1. The molecule has 4 rings (SSSR count). The number of benzene rings is 3. The van der Waals surface area contributed by atoms with Crippen LogP contribution in [-0.2, 0) is 11.4 Å². The summed E-state index contributed by atoms with van der Waals surface area (Å²) >= 11 is 15.7. The molecule has 1 heterocycles. The fourth-order valence-corrected chi connectivity index (χ4v) is 4.07. The molecule has 0 bridgehead atoms. The van der Waals surface area contributed by atoms with Crippen molar-refractivity contribution in [2.75, 3.05) is 12.4 Å². The van der Waals surface area contributed by atoms with E-state index in [1.807, 2.05) is 48.5 Å². The minimum atomic E-state index is -0.139. The Bertz CT molecular complexity index is 1180. The predicted molar refractivity (Wildman–Crippen MR) is 124 cm³/mol. The zero-order chi connectivity index (χ0) is 21.3. The molecule has 1 N–H and O–H groups in total. The van der Waals surface area contributed by atoms with Gasteiger partial charge in [0.25, 0.3) is 5.91 Å². The molecule has 0 radical (unpaired) electrons. The third-order valence-corrected chi connectivity index (χ3v) is 5.96. The molecule has 0 saturated heterocycles. The fourth-order valence-electron chi connectivity index (χ4n) is 3.17. The van der Waals surface area contributed by atoms with Crippen molar-refractivity contribution in [2.45, 2.75) is 6.61 Å². The van der Waals surface area contributed by atoms with Crippen molar-refractivity contribution < 1.29 is 14.3 Å². The van der Waals surface area contributed by atoms with Crippen LogP contribution in [0.5, 0.6) is 11.5 Å². The van der Waals surface area contributed by atoms with Gasteiger partial charge in [-0.05, 0) is 42.0 Å². The zero-order valence-electron chi connectivity index (χ0n) is 15.8. The Kier molecular flexibility index (Phi) is 6.04. The molecule has 0 unspecified atom stereocenters. The Balaban J connectivity index is 1.64. The molecule has 3 aromatic rings. The molecule has 0 aromatic heterocycles. The van der Waals surface area contributed by atoms with E-state index in [4.69, 9.17) is 32.7 Å². The molecule has 0 saturated carbocycles. The van der Waals surface area contributed by atoms with E-state index in [1.54, 1.807) is 19.2 Å². The summed E-state index contributed by atoms with van der Waals surface area (Å²) in [6.45, 7) is 0.259. The van der Waals surface area contributed by atoms with Crippen molar-refractivity contribution in [3.05, 3.63) is 85.8 Å². The summed E-state index contributed by atoms with van der Waals surface area (Å²) in [5, 5.41) is 3.98. The first-order chi connectivity index (χ1) is 14.5. The predicted octanol–water partition coefficient (Wildman–Crippen LogP) is 6.84. The van der Waals surface area contributed by atoms with Crippen LogP contribution < -0.4 is 14.8 Å². The number of rotatable bonds is 5. The Labute approximate surface area is 192 Å². The number of methoxy groups -OCH3 is 1. The van der Waals surface area contributed by atoms with Gasteiger partial charge in [0.15, 0.2) is 11.5 Å². The van der Waals surface area contributed by atoms with Crippen molar-refractivity contribution in [3.63, 3.8) is 0 Å². The van der Waals surface area contributed by atoms with E-state index in [9.17, 15) is 4.79 Å². The molecule has 1 amide bonds. The van der Waals surface area contributed by atoms with Crippen LogP contribution in [-0.4, -0.2) is 13.0 Å². The first-order valence-electron chi connectivity index (χ1n) is 9.03. The second-order valence-corrected chi connectivity index (χ2v) is 8.30. The van der Waals surface area contributed by atoms with E-state index in [2.05, 4.69) is 21.2 Å². The summed E-state index contributed by atoms with van der Waals surface area (Å²) in [7, 11) is 1.57. The molecule has 0 atom stereocenters. The largest absolute Gasteiger partial charge is 0.493 e. The highest BCUT2D eigenvalue weighted by Crippen LogP contribution is 2.38. The summed E-state index contributed by atoms with van der Waals surface area (Å²) in [5.41, 5.74) is 3.87. The minimum absolute atomic E-state index is 0.139. The van der Waals surface area contributed by atoms with Crippen LogP contribution in [0.15, 0.2) is 59.1 Å². The molecule has 1 aliphatic rings. The summed E-state index contributed by atoms with van der Waals surface area (Å²) < 4.78 is 12.2. The van der Waals surface area contributed by atoms with Crippen molar-refractivity contribution in [1.82, 2.24) is 0 Å². The topological polar surface area (TPSA) is 47.6 Å². The standard InChI is InChI=1S/C23H16BrCl2NO3/c1-29-21-9-14(8-17-16-4-2-3-5-20(16)27-23(17)28)18(24)11-22(21)30-12-13-6-7-15(25)10-19(13)26/h2-11H,12H2,1H3,(H,27,28)/b17-8-. The Morgan fingerprint density at radius 3 is 2.63 bits per heavy atom. The number of ether oxygens (including phenoxy) is 2. The van der Waals surface area contributed by atoms with Gasteiger partial charge in [0.2, 0.25) is 0 Å². The van der Waals surface area contributed by atoms with Gasteiger partial charge < -0.3 is 14.8 Å². The molecular formula is C23H16BrCl2NO3. The van der Waals surface area contributed by atoms with E-state index in [-0.39, 0.29) is 12.5 Å². The van der Waals surface area contributed by atoms with Gasteiger partial charge in [0, 0.05) is 36.9 Å². The third-order valence-electron chi connectivity index (χ3n) is 4.69. The van der Waals surface area contributed by atoms with E-state index in [0.717, 1.165) is 26.9 Å². The van der Waals surface area contributed by atoms with Crippen LogP contribution in [0.2, 0.25) is 10.0 Å². The summed E-state index contributed by atoms with van der Waals surface area (Å²) in [4.78, 5) is 12.4. The van der Waals surface area contributed by atoms with Crippen LogP contribution in [0, 0.1) is 0 Å². The summed E-state index contributed by atoms with van der Waals surface area (Å²) in [5.74, 6) is 0.954. The van der Waals surface area contributed by atoms with Gasteiger partial charge in [0.1, 0.15) is 6.61 Å². The highest BCUT2D eigenvalue weighted by molar-refractivity contribution is 9.10. The highest BCUT2D eigenvalue weighted by atomic mass is 79.9.